The molecule has 22 heavy (non-hydrogen) atoms. The van der Waals surface area contributed by atoms with E-state index in [0.29, 0.717) is 19.0 Å². The summed E-state index contributed by atoms with van der Waals surface area (Å²) in [5.41, 5.74) is 0.0594. The number of anilines is 1. The standard InChI is InChI=1S/C16H19N5O/c1-2-20-7-4-12-5-8-21(10-16(12,22)9-20)15-13-3-6-17-14(13)18-11-19-15/h1,3,6,11-12,22H,4-5,7-10H2,(H,17,18,19)/t12?,16-/m0/s1. The number of likely N-dealkylation sites (tertiary alicyclic amines) is 1. The van der Waals surface area contributed by atoms with Gasteiger partial charge in [0.05, 0.1) is 18.5 Å². The van der Waals surface area contributed by atoms with Crippen LogP contribution in [0, 0.1) is 18.4 Å². The first-order valence-corrected chi connectivity index (χ1v) is 7.66. The molecule has 114 valence electrons. The first-order chi connectivity index (χ1) is 10.7. The van der Waals surface area contributed by atoms with Crippen LogP contribution in [0.1, 0.15) is 12.8 Å². The zero-order chi connectivity index (χ0) is 15.2. The first kappa shape index (κ1) is 13.4. The van der Waals surface area contributed by atoms with E-state index in [-0.39, 0.29) is 0 Å². The summed E-state index contributed by atoms with van der Waals surface area (Å²) in [4.78, 5) is 15.8. The van der Waals surface area contributed by atoms with Gasteiger partial charge in [-0.2, -0.15) is 0 Å². The molecule has 2 aliphatic rings. The second-order valence-corrected chi connectivity index (χ2v) is 6.29. The molecule has 6 nitrogen and oxygen atoms in total. The third-order valence-corrected chi connectivity index (χ3v) is 5.00. The van der Waals surface area contributed by atoms with E-state index in [1.165, 1.54) is 0 Å². The van der Waals surface area contributed by atoms with Gasteiger partial charge in [-0.1, -0.05) is 6.42 Å². The number of piperidine rings is 2. The Morgan fingerprint density at radius 2 is 2.18 bits per heavy atom. The van der Waals surface area contributed by atoms with Gasteiger partial charge in [-0.05, 0) is 24.8 Å². The van der Waals surface area contributed by atoms with Crippen LogP contribution in [0.15, 0.2) is 18.6 Å². The topological polar surface area (TPSA) is 68.3 Å². The lowest BCUT2D eigenvalue weighted by Crippen LogP contribution is -2.62. The number of aromatic amines is 1. The second kappa shape index (κ2) is 4.89. The van der Waals surface area contributed by atoms with E-state index in [0.717, 1.165) is 42.8 Å². The molecule has 2 aromatic rings. The molecule has 2 N–H and O–H groups in total. The number of aromatic nitrogens is 3. The van der Waals surface area contributed by atoms with Crippen LogP contribution in [0.25, 0.3) is 11.0 Å². The Morgan fingerprint density at radius 3 is 3.05 bits per heavy atom. The summed E-state index contributed by atoms with van der Waals surface area (Å²) in [5, 5.41) is 12.1. The molecule has 2 saturated heterocycles. The molecule has 0 amide bonds. The summed E-state index contributed by atoms with van der Waals surface area (Å²) in [6.07, 6.45) is 10.9. The van der Waals surface area contributed by atoms with Gasteiger partial charge >= 0.3 is 0 Å². The van der Waals surface area contributed by atoms with E-state index in [1.807, 2.05) is 17.2 Å². The molecule has 4 rings (SSSR count). The van der Waals surface area contributed by atoms with Crippen LogP contribution in [-0.4, -0.2) is 56.7 Å². The predicted octanol–water partition coefficient (Wildman–Crippen LogP) is 0.812. The highest BCUT2D eigenvalue weighted by Gasteiger charge is 2.45. The van der Waals surface area contributed by atoms with Crippen LogP contribution in [-0.2, 0) is 0 Å². The summed E-state index contributed by atoms with van der Waals surface area (Å²) >= 11 is 0. The van der Waals surface area contributed by atoms with E-state index < -0.39 is 5.60 Å². The van der Waals surface area contributed by atoms with Gasteiger partial charge in [-0.3, -0.25) is 0 Å². The number of β-amino-alcohol motifs (C(OH)–C–C–N with tert-alkyl or cyclic N) is 1. The minimum atomic E-state index is -0.767. The molecule has 4 heterocycles. The van der Waals surface area contributed by atoms with Crippen molar-refractivity contribution in [3.63, 3.8) is 0 Å². The van der Waals surface area contributed by atoms with Crippen molar-refractivity contribution in [2.24, 2.45) is 5.92 Å². The van der Waals surface area contributed by atoms with E-state index in [9.17, 15) is 5.11 Å². The van der Waals surface area contributed by atoms with E-state index in [2.05, 4.69) is 25.9 Å². The van der Waals surface area contributed by atoms with Gasteiger partial charge in [0.2, 0.25) is 0 Å². The maximum Gasteiger partial charge on any atom is 0.142 e. The molecule has 0 aliphatic carbocycles. The minimum absolute atomic E-state index is 0.317. The molecule has 0 aromatic carbocycles. The van der Waals surface area contributed by atoms with E-state index in [1.54, 1.807) is 6.33 Å². The van der Waals surface area contributed by atoms with Crippen LogP contribution in [0.4, 0.5) is 5.82 Å². The highest BCUT2D eigenvalue weighted by Crippen LogP contribution is 2.37. The number of hydrogen-bond donors (Lipinski definition) is 2. The molecule has 2 fully saturated rings. The molecule has 0 radical (unpaired) electrons. The van der Waals surface area contributed by atoms with Crippen molar-refractivity contribution in [2.75, 3.05) is 31.1 Å². The lowest BCUT2D eigenvalue weighted by atomic mass is 9.76. The SMILES string of the molecule is C#CN1CCC2CCN(c3ncnc4[nH]ccc34)C[C@@]2(O)C1. The monoisotopic (exact) mass is 297 g/mol. The molecule has 2 aliphatic heterocycles. The van der Waals surface area contributed by atoms with Crippen molar-refractivity contribution in [3.05, 3.63) is 18.6 Å². The highest BCUT2D eigenvalue weighted by molar-refractivity contribution is 5.87. The average Bonchev–Trinajstić information content (AvgIpc) is 3.01. The fourth-order valence-electron chi connectivity index (χ4n) is 3.83. The fraction of sp³-hybridized carbons (Fsp3) is 0.500. The van der Waals surface area contributed by atoms with E-state index in [4.69, 9.17) is 6.42 Å². The predicted molar refractivity (Wildman–Crippen MR) is 84.2 cm³/mol. The number of aliphatic hydroxyl groups is 1. The number of H-pyrrole nitrogens is 1. The Kier molecular flexibility index (Phi) is 2.98. The zero-order valence-electron chi connectivity index (χ0n) is 12.4. The first-order valence-electron chi connectivity index (χ1n) is 7.66. The molecule has 6 heteroatoms. The molecule has 0 bridgehead atoms. The van der Waals surface area contributed by atoms with Crippen molar-refractivity contribution in [1.82, 2.24) is 19.9 Å². The average molecular weight is 297 g/mol. The number of hydrogen-bond acceptors (Lipinski definition) is 5. The van der Waals surface area contributed by atoms with Crippen molar-refractivity contribution in [2.45, 2.75) is 18.4 Å². The maximum atomic E-state index is 11.1. The van der Waals surface area contributed by atoms with Crippen LogP contribution in [0.3, 0.4) is 0 Å². The Balaban J connectivity index is 1.65. The van der Waals surface area contributed by atoms with Crippen molar-refractivity contribution >= 4 is 16.9 Å². The normalized spacial score (nSPS) is 28.5. The molecular formula is C16H19N5O. The summed E-state index contributed by atoms with van der Waals surface area (Å²) < 4.78 is 0. The van der Waals surface area contributed by atoms with Crippen LogP contribution < -0.4 is 4.90 Å². The fourth-order valence-corrected chi connectivity index (χ4v) is 3.83. The Bertz CT molecular complexity index is 735. The van der Waals surface area contributed by atoms with Gasteiger partial charge in [-0.25, -0.2) is 9.97 Å². The largest absolute Gasteiger partial charge is 0.386 e. The summed E-state index contributed by atoms with van der Waals surface area (Å²) in [6, 6.07) is 4.65. The number of fused-ring (bicyclic) bond motifs is 2. The molecule has 2 aromatic heterocycles. The molecular weight excluding hydrogens is 278 g/mol. The van der Waals surface area contributed by atoms with Crippen molar-refractivity contribution < 1.29 is 5.11 Å². The van der Waals surface area contributed by atoms with E-state index >= 15 is 0 Å². The third kappa shape index (κ3) is 2.01. The van der Waals surface area contributed by atoms with Gasteiger partial charge in [-0.15, -0.1) is 0 Å². The van der Waals surface area contributed by atoms with Crippen LogP contribution in [0.2, 0.25) is 0 Å². The molecule has 2 atom stereocenters. The number of nitrogens with one attached hydrogen (secondary N) is 1. The Morgan fingerprint density at radius 1 is 1.32 bits per heavy atom. The van der Waals surface area contributed by atoms with Gasteiger partial charge in [0.25, 0.3) is 0 Å². The van der Waals surface area contributed by atoms with Crippen molar-refractivity contribution in [1.29, 1.82) is 0 Å². The number of rotatable bonds is 1. The Hall–Kier alpha value is -2.26. The smallest absolute Gasteiger partial charge is 0.142 e. The van der Waals surface area contributed by atoms with Gasteiger partial charge in [0.15, 0.2) is 0 Å². The maximum absolute atomic E-state index is 11.1. The van der Waals surface area contributed by atoms with Gasteiger partial charge in [0.1, 0.15) is 23.4 Å². The van der Waals surface area contributed by atoms with Gasteiger partial charge < -0.3 is 19.9 Å². The van der Waals surface area contributed by atoms with Crippen LogP contribution >= 0.6 is 0 Å². The third-order valence-electron chi connectivity index (χ3n) is 5.00. The highest BCUT2D eigenvalue weighted by atomic mass is 16.3. The number of terminal acetylenes is 1. The van der Waals surface area contributed by atoms with Crippen LogP contribution in [0.5, 0.6) is 0 Å². The minimum Gasteiger partial charge on any atom is -0.386 e. The molecule has 0 saturated carbocycles. The number of nitrogens with zero attached hydrogens (tertiary/aromatic N) is 4. The van der Waals surface area contributed by atoms with Crippen molar-refractivity contribution in [3.8, 4) is 12.5 Å². The summed E-state index contributed by atoms with van der Waals surface area (Å²) in [5.74, 6) is 1.20. The van der Waals surface area contributed by atoms with Gasteiger partial charge in [0, 0.05) is 25.3 Å². The lowest BCUT2D eigenvalue weighted by Gasteiger charge is -2.50. The lowest BCUT2D eigenvalue weighted by molar-refractivity contribution is -0.0697. The Labute approximate surface area is 129 Å². The molecule has 0 spiro atoms. The summed E-state index contributed by atoms with van der Waals surface area (Å²) in [7, 11) is 0. The quantitative estimate of drug-likeness (QED) is 0.763. The summed E-state index contributed by atoms with van der Waals surface area (Å²) in [6.45, 7) is 2.87. The molecule has 1 unspecified atom stereocenters. The zero-order valence-corrected chi connectivity index (χ0v) is 12.4. The second-order valence-electron chi connectivity index (χ2n) is 6.29.